The molecular formula is C92H96BrCl2F9N18O8. The number of nitrogens with two attached hydrogens (primary N) is 4. The summed E-state index contributed by atoms with van der Waals surface area (Å²) in [5.41, 5.74) is 26.2. The van der Waals surface area contributed by atoms with Crippen LogP contribution < -0.4 is 33.6 Å². The van der Waals surface area contributed by atoms with Crippen LogP contribution >= 0.6 is 39.1 Å². The fraction of sp³-hybridized carbons (Fsp3) is 0.337. The van der Waals surface area contributed by atoms with Crippen molar-refractivity contribution in [1.29, 1.82) is 0 Å². The average Bonchev–Trinajstić information content (AvgIpc) is 1.70. The molecule has 0 radical (unpaired) electrons. The van der Waals surface area contributed by atoms with Gasteiger partial charge in [-0.3, -0.25) is 4.79 Å². The number of nitrogens with one attached hydrogen (secondary N) is 2. The maximum absolute atomic E-state index is 13.3. The number of aliphatic hydroxyl groups excluding tert-OH is 1. The number of carbonyl (C=O) groups is 1. The molecule has 0 spiro atoms. The second-order valence-electron chi connectivity index (χ2n) is 32.9. The molecule has 18 rings (SSSR count). The molecule has 38 heteroatoms. The van der Waals surface area contributed by atoms with Crippen LogP contribution in [0.25, 0.3) is 22.1 Å². The van der Waals surface area contributed by atoms with Gasteiger partial charge < -0.3 is 68.2 Å². The molecule has 4 aliphatic rings. The monoisotopic (exact) mass is 1900 g/mol. The van der Waals surface area contributed by atoms with Gasteiger partial charge in [-0.05, 0) is 177 Å². The Morgan fingerprint density at radius 3 is 1.10 bits per heavy atom. The van der Waals surface area contributed by atoms with Crippen LogP contribution in [-0.4, -0.2) is 109 Å². The predicted octanol–water partition coefficient (Wildman–Crippen LogP) is 18.5. The van der Waals surface area contributed by atoms with E-state index in [-0.39, 0.29) is 48.2 Å². The molecule has 4 saturated carbocycles. The lowest BCUT2D eigenvalue weighted by atomic mass is 9.73. The van der Waals surface area contributed by atoms with Crippen molar-refractivity contribution in [2.45, 2.75) is 198 Å². The Balaban J connectivity index is 0.000000140. The van der Waals surface area contributed by atoms with Crippen molar-refractivity contribution in [2.24, 2.45) is 5.73 Å². The van der Waals surface area contributed by atoms with E-state index in [1.165, 1.54) is 23.8 Å². The summed E-state index contributed by atoms with van der Waals surface area (Å²) in [4.78, 5) is 27.7. The summed E-state index contributed by atoms with van der Waals surface area (Å²) in [7, 11) is 0. The standard InChI is InChI=1S/C27H28F3N5O2.C20H22F3N5O2.C18H18ClN3O2.C11H12O2.C9H11F3N2.C7H5BrClN3/c1-16(19-8-20(27(28,29)30)10-22(31)9-19)32-25-24-11-21(14-35(24)34-17(2)33-25)26(36)12-23(13-26)37-15-18-6-4-3-5-7-18;1-10(12-3-13(20(21,22)23)5-15(24)4-12)25-18-17-6-14(19(30)7-16(29)8-19)9-28(17)27-11(2)26-18;1-12-20-17(19)16-7-14(10-22(16)21-12)18(23)8-15(9-18)24-11-13-5-3-2-4-6-13;12-10-6-11(7-10)13-8-9-4-2-1-3-5-9;1-5(13)6-2-7(9(10,11)12)4-8(14)3-6;1-4-10-7(9)6-2-5(8)3-12(6)11-4/h3-11,14,16,23,36H,12-13,15,31H2,1-2H3,(H,32,33,34);3-6,9-10,16,29-30H,7-8,24H2,1-2H3,(H,25,26,27);2-7,10,15,23H,8-9,11H2,1H3;1-5,11H,6-8H2;2-5H,13-14H2,1H3;2-3H,1H3/t16-,23?,26?;10-,16?,19?;;;5-;/m11..1./s1. The lowest BCUT2D eigenvalue weighted by Crippen LogP contribution is -2.45. The van der Waals surface area contributed by atoms with Crippen LogP contribution in [0.5, 0.6) is 0 Å². The summed E-state index contributed by atoms with van der Waals surface area (Å²) in [5, 5.41) is 66.7. The van der Waals surface area contributed by atoms with Crippen LogP contribution in [0.3, 0.4) is 0 Å². The third kappa shape index (κ3) is 24.2. The lowest BCUT2D eigenvalue weighted by molar-refractivity contribution is -0.150. The first kappa shape index (κ1) is 96.1. The van der Waals surface area contributed by atoms with E-state index in [0.717, 1.165) is 63.1 Å². The van der Waals surface area contributed by atoms with Crippen LogP contribution in [0.2, 0.25) is 10.3 Å². The molecule has 686 valence electrons. The summed E-state index contributed by atoms with van der Waals surface area (Å²) >= 11 is 15.4. The number of ketones is 1. The Bertz CT molecular complexity index is 6300. The third-order valence-electron chi connectivity index (χ3n) is 22.2. The number of ether oxygens (including phenoxy) is 3. The summed E-state index contributed by atoms with van der Waals surface area (Å²) < 4.78 is 141. The van der Waals surface area contributed by atoms with Gasteiger partial charge in [0, 0.05) is 120 Å². The first-order valence-electron chi connectivity index (χ1n) is 41.3. The van der Waals surface area contributed by atoms with Gasteiger partial charge in [0.1, 0.15) is 51.1 Å². The molecule has 130 heavy (non-hydrogen) atoms. The van der Waals surface area contributed by atoms with E-state index in [4.69, 9.17) is 60.3 Å². The highest BCUT2D eigenvalue weighted by molar-refractivity contribution is 9.10. The summed E-state index contributed by atoms with van der Waals surface area (Å²) in [6.45, 7) is 13.7. The maximum Gasteiger partial charge on any atom is 0.416 e. The largest absolute Gasteiger partial charge is 0.416 e. The molecule has 8 heterocycles. The van der Waals surface area contributed by atoms with Crippen LogP contribution in [0.15, 0.2) is 199 Å². The number of rotatable bonds is 19. The molecule has 0 bridgehead atoms. The van der Waals surface area contributed by atoms with Crippen molar-refractivity contribution >= 4 is 95.7 Å². The fourth-order valence-corrected chi connectivity index (χ4v) is 16.1. The quantitative estimate of drug-likeness (QED) is 0.0265. The number of aryl methyl sites for hydroxylation is 4. The summed E-state index contributed by atoms with van der Waals surface area (Å²) in [6.07, 6.45) is -2.94. The maximum atomic E-state index is 13.3. The molecular weight excluding hydrogens is 1810 g/mol. The number of aliphatic hydroxyl groups is 4. The number of anilines is 5. The van der Waals surface area contributed by atoms with E-state index in [2.05, 4.69) is 66.9 Å². The Labute approximate surface area is 759 Å². The van der Waals surface area contributed by atoms with E-state index < -0.39 is 76.3 Å². The highest BCUT2D eigenvalue weighted by atomic mass is 79.9. The van der Waals surface area contributed by atoms with Gasteiger partial charge in [-0.15, -0.1) is 0 Å². The number of carbonyl (C=O) groups excluding carboxylic acids is 1. The Hall–Kier alpha value is -11.4. The minimum atomic E-state index is -4.50. The predicted molar refractivity (Wildman–Crippen MR) is 478 cm³/mol. The normalized spacial score (nSPS) is 19.6. The number of hydrogen-bond acceptors (Lipinski definition) is 22. The lowest BCUT2D eigenvalue weighted by Gasteiger charge is -2.43. The smallest absolute Gasteiger partial charge is 0.399 e. The average molecular weight is 1900 g/mol. The zero-order valence-electron chi connectivity index (χ0n) is 71.4. The molecule has 0 aliphatic heterocycles. The van der Waals surface area contributed by atoms with Gasteiger partial charge in [0.15, 0.2) is 21.9 Å². The number of fused-ring (bicyclic) bond motifs is 4. The van der Waals surface area contributed by atoms with Gasteiger partial charge >= 0.3 is 18.5 Å². The first-order valence-corrected chi connectivity index (χ1v) is 42.9. The van der Waals surface area contributed by atoms with Gasteiger partial charge in [0.05, 0.1) is 89.8 Å². The molecule has 0 unspecified atom stereocenters. The van der Waals surface area contributed by atoms with Crippen molar-refractivity contribution in [1.82, 2.24) is 58.4 Å². The van der Waals surface area contributed by atoms with Gasteiger partial charge in [0.2, 0.25) is 0 Å². The van der Waals surface area contributed by atoms with E-state index in [1.54, 1.807) is 85.0 Å². The third-order valence-corrected chi connectivity index (χ3v) is 23.2. The van der Waals surface area contributed by atoms with Crippen molar-refractivity contribution in [3.05, 3.63) is 299 Å². The van der Waals surface area contributed by atoms with Crippen LogP contribution in [0.4, 0.5) is 68.2 Å². The minimum absolute atomic E-state index is 0.0215. The van der Waals surface area contributed by atoms with Gasteiger partial charge in [0.25, 0.3) is 0 Å². The second kappa shape index (κ2) is 39.7. The van der Waals surface area contributed by atoms with Gasteiger partial charge in [-0.25, -0.2) is 38.0 Å². The van der Waals surface area contributed by atoms with Crippen LogP contribution in [-0.2, 0) is 74.2 Å². The number of benzene rings is 6. The Morgan fingerprint density at radius 1 is 0.446 bits per heavy atom. The summed E-state index contributed by atoms with van der Waals surface area (Å²) in [6, 6.07) is 46.0. The van der Waals surface area contributed by atoms with Crippen molar-refractivity contribution in [3.8, 4) is 0 Å². The number of halogens is 12. The van der Waals surface area contributed by atoms with Crippen molar-refractivity contribution in [2.75, 3.05) is 27.8 Å². The highest BCUT2D eigenvalue weighted by Crippen LogP contribution is 2.48. The fourth-order valence-electron chi connectivity index (χ4n) is 15.1. The molecule has 8 aromatic heterocycles. The molecule has 14 aromatic rings. The van der Waals surface area contributed by atoms with Crippen molar-refractivity contribution < 1.29 is 78.9 Å². The summed E-state index contributed by atoms with van der Waals surface area (Å²) in [5.74, 6) is 3.36. The number of hydrogen-bond donors (Lipinski definition) is 10. The van der Waals surface area contributed by atoms with Crippen LogP contribution in [0, 0.1) is 27.7 Å². The molecule has 6 aromatic carbocycles. The number of Topliss-reactive ketones (excluding diaryl/α,β-unsaturated/α-hetero) is 1. The number of aromatic nitrogens is 12. The molecule has 4 aliphatic carbocycles. The minimum Gasteiger partial charge on any atom is -0.399 e. The Kier molecular flexibility index (Phi) is 29.4. The van der Waals surface area contributed by atoms with E-state index >= 15 is 0 Å². The molecule has 4 fully saturated rings. The number of nitrogens with zero attached hydrogens (tertiary/aromatic N) is 12. The SMILES string of the molecule is C[C@@H](N)c1cc(N)cc(C(F)(F)F)c1.Cc1nc(Cl)c2cc(Br)cn2n1.Cc1nc(Cl)c2cc(C3(O)CC(OCc4ccccc4)C3)cn2n1.Cc1nc(N[C@H](C)c2cc(N)cc(C(F)(F)F)c2)c2cc(C3(O)CC(O)C3)cn2n1.Cc1nc(N[C@H](C)c2cc(N)cc(C(F)(F)F)c2)c2cc(C3(O)CC(OCc4ccccc4)C3)cn2n1.O=C1CC(OCc2ccccc2)C1. The first-order chi connectivity index (χ1) is 61.3. The highest BCUT2D eigenvalue weighted by Gasteiger charge is 2.48. The second-order valence-corrected chi connectivity index (χ2v) is 34.6. The van der Waals surface area contributed by atoms with Crippen LogP contribution in [0.1, 0.15) is 180 Å². The van der Waals surface area contributed by atoms with E-state index in [1.807, 2.05) is 122 Å². The topological polar surface area (TPSA) is 375 Å². The molecule has 3 atom stereocenters. The molecule has 0 saturated heterocycles. The molecule has 0 amide bonds. The van der Waals surface area contributed by atoms with Crippen molar-refractivity contribution in [3.63, 3.8) is 0 Å². The molecule has 14 N–H and O–H groups in total. The molecule has 26 nitrogen and oxygen atoms in total. The van der Waals surface area contributed by atoms with E-state index in [0.29, 0.717) is 154 Å². The Morgan fingerprint density at radius 2 is 0.754 bits per heavy atom. The number of nitrogen functional groups attached to an aromatic ring is 3. The van der Waals surface area contributed by atoms with E-state index in [9.17, 15) is 64.7 Å². The number of alkyl halides is 9. The zero-order chi connectivity index (χ0) is 93.7. The van der Waals surface area contributed by atoms with Gasteiger partial charge in [-0.1, -0.05) is 114 Å². The van der Waals surface area contributed by atoms with Gasteiger partial charge in [-0.2, -0.15) is 59.9 Å². The zero-order valence-corrected chi connectivity index (χ0v) is 74.5.